The van der Waals surface area contributed by atoms with Crippen LogP contribution in [0.5, 0.6) is 0 Å². The summed E-state index contributed by atoms with van der Waals surface area (Å²) in [5.41, 5.74) is 3.44. The zero-order valence-corrected chi connectivity index (χ0v) is 15.9. The minimum atomic E-state index is -1.33. The Hall–Kier alpha value is 0.0800. The summed E-state index contributed by atoms with van der Waals surface area (Å²) in [6.07, 6.45) is 6.98. The van der Waals surface area contributed by atoms with E-state index in [4.69, 9.17) is 0 Å². The maximum atomic E-state index is 2.56. The number of hydrogen-bond donors (Lipinski definition) is 0. The maximum absolute atomic E-state index is 2.56. The molecule has 20 heavy (non-hydrogen) atoms. The van der Waals surface area contributed by atoms with Gasteiger partial charge in [-0.15, -0.1) is 0 Å². The zero-order valence-electron chi connectivity index (χ0n) is 13.9. The van der Waals surface area contributed by atoms with E-state index in [1.807, 2.05) is 5.30 Å². The van der Waals surface area contributed by atoms with Crippen molar-refractivity contribution in [3.63, 3.8) is 0 Å². The van der Waals surface area contributed by atoms with Crippen molar-refractivity contribution < 1.29 is 0 Å². The summed E-state index contributed by atoms with van der Waals surface area (Å²) >= 11 is 0. The summed E-state index contributed by atoms with van der Waals surface area (Å²) < 4.78 is 0. The Morgan fingerprint density at radius 1 is 1.15 bits per heavy atom. The molecule has 1 aliphatic rings. The molecule has 1 aliphatic heterocycles. The standard InChI is InChI=1S/C18H32P2/c1-6-16-11-12-18(17(13-16)19-5)20(7-2)14(3)9-8-10-15(20)4/h11-15,19-20H,6-10H2,1-5H3/t14-,15-/m1/s1. The molecule has 1 aromatic carbocycles. The van der Waals surface area contributed by atoms with Gasteiger partial charge in [0.2, 0.25) is 0 Å². The minimum absolute atomic E-state index is 0.951. The summed E-state index contributed by atoms with van der Waals surface area (Å²) in [5.74, 6) is 0. The first-order valence-corrected chi connectivity index (χ1v) is 12.3. The monoisotopic (exact) mass is 310 g/mol. The Morgan fingerprint density at radius 3 is 2.30 bits per heavy atom. The number of benzene rings is 1. The molecule has 1 heterocycles. The molecule has 0 saturated carbocycles. The van der Waals surface area contributed by atoms with Gasteiger partial charge in [0.15, 0.2) is 0 Å². The number of rotatable bonds is 4. The molecule has 1 unspecified atom stereocenters. The van der Waals surface area contributed by atoms with Gasteiger partial charge in [0.25, 0.3) is 0 Å². The Labute approximate surface area is 128 Å². The molecule has 1 aromatic rings. The van der Waals surface area contributed by atoms with Crippen molar-refractivity contribution in [2.45, 2.75) is 64.7 Å². The molecular formula is C18H32P2. The van der Waals surface area contributed by atoms with Gasteiger partial charge < -0.3 is 0 Å². The summed E-state index contributed by atoms with van der Waals surface area (Å²) in [6, 6.07) is 7.47. The van der Waals surface area contributed by atoms with Gasteiger partial charge >= 0.3 is 128 Å². The Bertz CT molecular complexity index is 443. The SMILES string of the molecule is CCc1ccc([PH]2(CC)[C@H](C)CCC[C@H]2C)c(PC)c1. The molecule has 0 bridgehead atoms. The van der Waals surface area contributed by atoms with Crippen molar-refractivity contribution in [1.82, 2.24) is 0 Å². The van der Waals surface area contributed by atoms with E-state index < -0.39 is 7.26 Å². The second-order valence-electron chi connectivity index (χ2n) is 6.61. The quantitative estimate of drug-likeness (QED) is 0.716. The first kappa shape index (κ1) is 16.5. The third-order valence-corrected chi connectivity index (χ3v) is 13.8. The van der Waals surface area contributed by atoms with Gasteiger partial charge in [-0.2, -0.15) is 0 Å². The Morgan fingerprint density at radius 2 is 1.80 bits per heavy atom. The molecule has 0 aliphatic carbocycles. The van der Waals surface area contributed by atoms with Gasteiger partial charge in [0.1, 0.15) is 0 Å². The first-order valence-electron chi connectivity index (χ1n) is 8.41. The number of aryl methyl sites for hydroxylation is 1. The molecule has 1 saturated heterocycles. The van der Waals surface area contributed by atoms with Gasteiger partial charge in [-0.3, -0.25) is 0 Å². The van der Waals surface area contributed by atoms with Crippen molar-refractivity contribution in [2.24, 2.45) is 0 Å². The van der Waals surface area contributed by atoms with Crippen LogP contribution < -0.4 is 10.6 Å². The molecule has 2 rings (SSSR count). The van der Waals surface area contributed by atoms with E-state index in [-0.39, 0.29) is 0 Å². The molecule has 0 spiro atoms. The van der Waals surface area contributed by atoms with E-state index in [1.165, 1.54) is 37.4 Å². The predicted octanol–water partition coefficient (Wildman–Crippen LogP) is 4.54. The van der Waals surface area contributed by atoms with Crippen molar-refractivity contribution in [1.29, 1.82) is 0 Å². The van der Waals surface area contributed by atoms with Crippen molar-refractivity contribution >= 4 is 26.5 Å². The Balaban J connectivity index is 2.55. The molecule has 0 amide bonds. The molecule has 114 valence electrons. The van der Waals surface area contributed by atoms with Gasteiger partial charge in [-0.05, 0) is 0 Å². The topological polar surface area (TPSA) is 0 Å². The first-order chi connectivity index (χ1) is 9.59. The van der Waals surface area contributed by atoms with Crippen LogP contribution in [0.3, 0.4) is 0 Å². The second-order valence-corrected chi connectivity index (χ2v) is 12.9. The van der Waals surface area contributed by atoms with Crippen LogP contribution in [0, 0.1) is 0 Å². The average Bonchev–Trinajstić information content (AvgIpc) is 2.48. The summed E-state index contributed by atoms with van der Waals surface area (Å²) in [7, 11) is -0.383. The normalized spacial score (nSPS) is 27.9. The number of hydrogen-bond acceptors (Lipinski definition) is 0. The summed E-state index contributed by atoms with van der Waals surface area (Å²) in [5, 5.41) is 3.51. The second kappa shape index (κ2) is 6.89. The van der Waals surface area contributed by atoms with Crippen LogP contribution in [-0.2, 0) is 6.42 Å². The summed E-state index contributed by atoms with van der Waals surface area (Å²) in [4.78, 5) is 0. The van der Waals surface area contributed by atoms with E-state index in [9.17, 15) is 0 Å². The van der Waals surface area contributed by atoms with E-state index in [2.05, 4.69) is 52.6 Å². The van der Waals surface area contributed by atoms with E-state index >= 15 is 0 Å². The van der Waals surface area contributed by atoms with Crippen LogP contribution in [0.25, 0.3) is 0 Å². The average molecular weight is 310 g/mol. The molecule has 0 aromatic heterocycles. The predicted molar refractivity (Wildman–Crippen MR) is 101 cm³/mol. The molecule has 2 heteroatoms. The fourth-order valence-electron chi connectivity index (χ4n) is 4.57. The van der Waals surface area contributed by atoms with Crippen LogP contribution in [0.2, 0.25) is 0 Å². The zero-order chi connectivity index (χ0) is 14.8. The molecule has 0 N–H and O–H groups in total. The van der Waals surface area contributed by atoms with E-state index in [0.29, 0.717) is 0 Å². The Kier molecular flexibility index (Phi) is 5.67. The molecular weight excluding hydrogens is 278 g/mol. The van der Waals surface area contributed by atoms with Crippen LogP contribution in [0.1, 0.15) is 52.5 Å². The molecule has 0 nitrogen and oxygen atoms in total. The van der Waals surface area contributed by atoms with Gasteiger partial charge in [-0.25, -0.2) is 0 Å². The van der Waals surface area contributed by atoms with Crippen LogP contribution >= 0.6 is 15.8 Å². The van der Waals surface area contributed by atoms with E-state index in [0.717, 1.165) is 19.9 Å². The van der Waals surface area contributed by atoms with Gasteiger partial charge in [-0.1, -0.05) is 0 Å². The van der Waals surface area contributed by atoms with Crippen molar-refractivity contribution in [2.75, 3.05) is 12.8 Å². The fraction of sp³-hybridized carbons (Fsp3) is 0.667. The van der Waals surface area contributed by atoms with Crippen molar-refractivity contribution in [3.8, 4) is 0 Å². The molecule has 1 fully saturated rings. The van der Waals surface area contributed by atoms with Gasteiger partial charge in [0.05, 0.1) is 0 Å². The van der Waals surface area contributed by atoms with Gasteiger partial charge in [0, 0.05) is 0 Å². The molecule has 0 radical (unpaired) electrons. The van der Waals surface area contributed by atoms with Crippen LogP contribution in [-0.4, -0.2) is 24.1 Å². The van der Waals surface area contributed by atoms with Crippen LogP contribution in [0.15, 0.2) is 18.2 Å². The summed E-state index contributed by atoms with van der Waals surface area (Å²) in [6.45, 7) is 12.2. The van der Waals surface area contributed by atoms with Crippen LogP contribution in [0.4, 0.5) is 0 Å². The molecule has 3 atom stereocenters. The third kappa shape index (κ3) is 2.71. The van der Waals surface area contributed by atoms with E-state index in [1.54, 1.807) is 5.30 Å². The third-order valence-electron chi connectivity index (χ3n) is 5.88. The fourth-order valence-corrected chi connectivity index (χ4v) is 12.5. The van der Waals surface area contributed by atoms with Crippen molar-refractivity contribution in [3.05, 3.63) is 23.8 Å².